The van der Waals surface area contributed by atoms with E-state index in [0.29, 0.717) is 28.6 Å². The first kappa shape index (κ1) is 20.3. The lowest BCUT2D eigenvalue weighted by Gasteiger charge is -2.20. The van der Waals surface area contributed by atoms with Crippen LogP contribution in [0, 0.1) is 0 Å². The molecule has 3 aromatic rings. The lowest BCUT2D eigenvalue weighted by Crippen LogP contribution is -2.17. The molecule has 1 amide bonds. The molecule has 31 heavy (non-hydrogen) atoms. The SMILES string of the molecule is CC1NC(=O)c2ccc(Nc3cc(N[C@H](CO)c4ccccc4)c(C(=O)O)cn3)nc21. The molecule has 0 radical (unpaired) electrons. The number of benzene rings is 1. The summed E-state index contributed by atoms with van der Waals surface area (Å²) in [6.07, 6.45) is 1.24. The molecule has 0 bridgehead atoms. The molecule has 158 valence electrons. The Kier molecular flexibility index (Phi) is 5.50. The van der Waals surface area contributed by atoms with Crippen LogP contribution >= 0.6 is 0 Å². The van der Waals surface area contributed by atoms with E-state index in [9.17, 15) is 19.8 Å². The van der Waals surface area contributed by atoms with Crippen molar-refractivity contribution in [3.63, 3.8) is 0 Å². The smallest absolute Gasteiger partial charge is 0.339 e. The fourth-order valence-electron chi connectivity index (χ4n) is 3.46. The van der Waals surface area contributed by atoms with Gasteiger partial charge in [0.1, 0.15) is 17.2 Å². The number of aromatic carboxylic acids is 1. The minimum Gasteiger partial charge on any atom is -0.478 e. The van der Waals surface area contributed by atoms with Gasteiger partial charge in [-0.3, -0.25) is 4.79 Å². The number of carbonyl (C=O) groups is 2. The highest BCUT2D eigenvalue weighted by Crippen LogP contribution is 2.28. The largest absolute Gasteiger partial charge is 0.478 e. The Bertz CT molecular complexity index is 1140. The number of fused-ring (bicyclic) bond motifs is 1. The third kappa shape index (κ3) is 4.17. The van der Waals surface area contributed by atoms with E-state index in [2.05, 4.69) is 25.9 Å². The number of carboxylic acid groups (broad SMARTS) is 1. The third-order valence-corrected chi connectivity index (χ3v) is 5.03. The fourth-order valence-corrected chi connectivity index (χ4v) is 3.46. The van der Waals surface area contributed by atoms with Gasteiger partial charge in [0.05, 0.1) is 35.6 Å². The van der Waals surface area contributed by atoms with Gasteiger partial charge in [-0.25, -0.2) is 14.8 Å². The van der Waals surface area contributed by atoms with E-state index in [1.807, 2.05) is 37.3 Å². The summed E-state index contributed by atoms with van der Waals surface area (Å²) in [5, 5.41) is 28.3. The zero-order valence-electron chi connectivity index (χ0n) is 16.7. The molecule has 1 unspecified atom stereocenters. The van der Waals surface area contributed by atoms with Crippen LogP contribution in [0.2, 0.25) is 0 Å². The molecular formula is C22H21N5O4. The van der Waals surface area contributed by atoms with Crippen molar-refractivity contribution in [3.05, 3.63) is 77.1 Å². The number of carboxylic acids is 1. The Balaban J connectivity index is 1.62. The van der Waals surface area contributed by atoms with Gasteiger partial charge < -0.3 is 26.2 Å². The number of aliphatic hydroxyl groups excluding tert-OH is 1. The first-order valence-corrected chi connectivity index (χ1v) is 9.70. The van der Waals surface area contributed by atoms with Crippen molar-refractivity contribution < 1.29 is 19.8 Å². The van der Waals surface area contributed by atoms with Crippen molar-refractivity contribution in [1.29, 1.82) is 0 Å². The average molecular weight is 419 g/mol. The van der Waals surface area contributed by atoms with E-state index in [-0.39, 0.29) is 24.1 Å². The fraction of sp³-hybridized carbons (Fsp3) is 0.182. The van der Waals surface area contributed by atoms with Crippen LogP contribution in [-0.2, 0) is 0 Å². The maximum absolute atomic E-state index is 11.9. The summed E-state index contributed by atoms with van der Waals surface area (Å²) in [7, 11) is 0. The van der Waals surface area contributed by atoms with E-state index in [0.717, 1.165) is 5.56 Å². The van der Waals surface area contributed by atoms with Gasteiger partial charge in [-0.1, -0.05) is 30.3 Å². The lowest BCUT2D eigenvalue weighted by molar-refractivity contribution is 0.0697. The zero-order valence-corrected chi connectivity index (χ0v) is 16.7. The van der Waals surface area contributed by atoms with Crippen molar-refractivity contribution in [2.24, 2.45) is 0 Å². The summed E-state index contributed by atoms with van der Waals surface area (Å²) < 4.78 is 0. The molecular weight excluding hydrogens is 398 g/mol. The highest BCUT2D eigenvalue weighted by atomic mass is 16.4. The zero-order chi connectivity index (χ0) is 22.0. The predicted octanol–water partition coefficient (Wildman–Crippen LogP) is 2.87. The maximum atomic E-state index is 11.9. The second kappa shape index (κ2) is 8.41. The number of nitrogens with one attached hydrogen (secondary N) is 3. The third-order valence-electron chi connectivity index (χ3n) is 5.03. The number of hydrogen-bond donors (Lipinski definition) is 5. The molecule has 2 aromatic heterocycles. The Morgan fingerprint density at radius 1 is 1.19 bits per heavy atom. The van der Waals surface area contributed by atoms with Crippen LogP contribution in [0.3, 0.4) is 0 Å². The standard InChI is InChI=1S/C22H21N5O4/c1-12-20-14(21(29)24-12)7-8-18(27-20)26-19-9-16(15(10-23-19)22(30)31)25-17(11-28)13-5-3-2-4-6-13/h2-10,12,17,28H,11H2,1H3,(H,24,29)(H,30,31)(H2,23,25,26,27)/t12?,17-/m1/s1. The number of amides is 1. The molecule has 2 atom stereocenters. The van der Waals surface area contributed by atoms with Gasteiger partial charge in [-0.05, 0) is 24.6 Å². The molecule has 1 aromatic carbocycles. The summed E-state index contributed by atoms with van der Waals surface area (Å²) >= 11 is 0. The lowest BCUT2D eigenvalue weighted by atomic mass is 10.1. The molecule has 9 heteroatoms. The maximum Gasteiger partial charge on any atom is 0.339 e. The second-order valence-corrected chi connectivity index (χ2v) is 7.16. The normalized spacial score (nSPS) is 15.7. The minimum absolute atomic E-state index is 0.0229. The van der Waals surface area contributed by atoms with Gasteiger partial charge in [0.25, 0.3) is 5.91 Å². The van der Waals surface area contributed by atoms with E-state index < -0.39 is 12.0 Å². The Morgan fingerprint density at radius 2 is 1.97 bits per heavy atom. The Labute approximate surface area is 178 Å². The number of aliphatic hydroxyl groups is 1. The van der Waals surface area contributed by atoms with Gasteiger partial charge in [0, 0.05) is 12.3 Å². The highest BCUT2D eigenvalue weighted by Gasteiger charge is 2.27. The summed E-state index contributed by atoms with van der Waals surface area (Å²) in [6.45, 7) is 1.63. The molecule has 5 N–H and O–H groups in total. The van der Waals surface area contributed by atoms with E-state index >= 15 is 0 Å². The number of anilines is 3. The monoisotopic (exact) mass is 419 g/mol. The van der Waals surface area contributed by atoms with Crippen molar-refractivity contribution in [2.75, 3.05) is 17.2 Å². The molecule has 0 aliphatic carbocycles. The number of aromatic nitrogens is 2. The van der Waals surface area contributed by atoms with Gasteiger partial charge in [0.15, 0.2) is 0 Å². The quantitative estimate of drug-likeness (QED) is 0.394. The summed E-state index contributed by atoms with van der Waals surface area (Å²) in [4.78, 5) is 32.2. The number of nitrogens with zero attached hydrogens (tertiary/aromatic N) is 2. The molecule has 0 saturated carbocycles. The number of pyridine rings is 2. The topological polar surface area (TPSA) is 136 Å². The summed E-state index contributed by atoms with van der Waals surface area (Å²) in [5.41, 5.74) is 2.27. The van der Waals surface area contributed by atoms with Crippen molar-refractivity contribution in [1.82, 2.24) is 15.3 Å². The van der Waals surface area contributed by atoms with Gasteiger partial charge in [-0.15, -0.1) is 0 Å². The molecule has 0 spiro atoms. The van der Waals surface area contributed by atoms with Crippen LogP contribution in [0.15, 0.2) is 54.7 Å². The van der Waals surface area contributed by atoms with Crippen LogP contribution in [0.25, 0.3) is 0 Å². The molecule has 0 fully saturated rings. The highest BCUT2D eigenvalue weighted by molar-refractivity contribution is 5.98. The van der Waals surface area contributed by atoms with Gasteiger partial charge >= 0.3 is 5.97 Å². The minimum atomic E-state index is -1.14. The van der Waals surface area contributed by atoms with Crippen molar-refractivity contribution in [3.8, 4) is 0 Å². The van der Waals surface area contributed by atoms with Gasteiger partial charge in [0.2, 0.25) is 0 Å². The number of rotatable bonds is 7. The van der Waals surface area contributed by atoms with Crippen LogP contribution in [-0.4, -0.2) is 38.7 Å². The molecule has 1 aliphatic heterocycles. The van der Waals surface area contributed by atoms with Crippen LogP contribution in [0.1, 0.15) is 51.0 Å². The van der Waals surface area contributed by atoms with E-state index in [4.69, 9.17) is 0 Å². The summed E-state index contributed by atoms with van der Waals surface area (Å²) in [6, 6.07) is 13.5. The van der Waals surface area contributed by atoms with E-state index in [1.54, 1.807) is 18.2 Å². The molecule has 9 nitrogen and oxygen atoms in total. The van der Waals surface area contributed by atoms with Gasteiger partial charge in [-0.2, -0.15) is 0 Å². The second-order valence-electron chi connectivity index (χ2n) is 7.16. The molecule has 1 aliphatic rings. The van der Waals surface area contributed by atoms with E-state index in [1.165, 1.54) is 6.20 Å². The van der Waals surface area contributed by atoms with Crippen LogP contribution < -0.4 is 16.0 Å². The molecule has 3 heterocycles. The summed E-state index contributed by atoms with van der Waals surface area (Å²) in [5.74, 6) is -0.451. The van der Waals surface area contributed by atoms with Crippen LogP contribution in [0.4, 0.5) is 17.3 Å². The predicted molar refractivity (Wildman–Crippen MR) is 114 cm³/mol. The number of hydrogen-bond acceptors (Lipinski definition) is 7. The molecule has 0 saturated heterocycles. The first-order valence-electron chi connectivity index (χ1n) is 9.70. The molecule has 4 rings (SSSR count). The van der Waals surface area contributed by atoms with Crippen LogP contribution in [0.5, 0.6) is 0 Å². The first-order chi connectivity index (χ1) is 15.0. The van der Waals surface area contributed by atoms with Crippen molar-refractivity contribution in [2.45, 2.75) is 19.0 Å². The average Bonchev–Trinajstić information content (AvgIpc) is 3.05. The number of carbonyl (C=O) groups excluding carboxylic acids is 1. The Morgan fingerprint density at radius 3 is 2.68 bits per heavy atom. The Hall–Kier alpha value is -3.98. The van der Waals surface area contributed by atoms with Crippen molar-refractivity contribution >= 4 is 29.2 Å².